The highest BCUT2D eigenvalue weighted by molar-refractivity contribution is 6.42. The van der Waals surface area contributed by atoms with Gasteiger partial charge in [0.25, 0.3) is 5.91 Å². The van der Waals surface area contributed by atoms with Crippen molar-refractivity contribution in [3.63, 3.8) is 0 Å². The van der Waals surface area contributed by atoms with Crippen LogP contribution in [0.1, 0.15) is 24.1 Å². The van der Waals surface area contributed by atoms with Crippen LogP contribution >= 0.6 is 23.2 Å². The molecule has 0 radical (unpaired) electrons. The monoisotopic (exact) mass is 351 g/mol. The quantitative estimate of drug-likeness (QED) is 0.824. The van der Waals surface area contributed by atoms with Crippen molar-refractivity contribution in [1.82, 2.24) is 5.32 Å². The van der Waals surface area contributed by atoms with Crippen LogP contribution in [-0.4, -0.2) is 19.5 Å². The molecular formula is C18H21Cl2N2O+. The summed E-state index contributed by atoms with van der Waals surface area (Å²) in [6.07, 6.45) is 0. The molecule has 23 heavy (non-hydrogen) atoms. The van der Waals surface area contributed by atoms with Crippen LogP contribution in [0.3, 0.4) is 0 Å². The van der Waals surface area contributed by atoms with E-state index in [1.54, 1.807) is 6.07 Å². The molecule has 0 aliphatic carbocycles. The maximum absolute atomic E-state index is 12.2. The Balaban J connectivity index is 1.85. The molecule has 122 valence electrons. The van der Waals surface area contributed by atoms with Crippen molar-refractivity contribution >= 4 is 29.1 Å². The summed E-state index contributed by atoms with van der Waals surface area (Å²) in [4.78, 5) is 13.3. The molecule has 2 aromatic rings. The lowest BCUT2D eigenvalue weighted by Crippen LogP contribution is -3.08. The Morgan fingerprint density at radius 1 is 1.13 bits per heavy atom. The number of halogens is 2. The third-order valence-corrected chi connectivity index (χ3v) is 4.37. The summed E-state index contributed by atoms with van der Waals surface area (Å²) >= 11 is 11.9. The van der Waals surface area contributed by atoms with Gasteiger partial charge in [-0.25, -0.2) is 0 Å². The summed E-state index contributed by atoms with van der Waals surface area (Å²) in [6.45, 7) is 3.10. The lowest BCUT2D eigenvalue weighted by molar-refractivity contribution is -0.885. The molecule has 0 saturated heterocycles. The van der Waals surface area contributed by atoms with E-state index in [4.69, 9.17) is 23.2 Å². The minimum absolute atomic E-state index is 0.00137. The zero-order chi connectivity index (χ0) is 16.8. The maximum Gasteiger partial charge on any atom is 0.275 e. The number of nitrogens with one attached hydrogen (secondary N) is 2. The summed E-state index contributed by atoms with van der Waals surface area (Å²) in [5, 5.41) is 4.11. The Labute approximate surface area is 147 Å². The fourth-order valence-electron chi connectivity index (χ4n) is 2.45. The number of rotatable bonds is 6. The van der Waals surface area contributed by atoms with Gasteiger partial charge in [-0.15, -0.1) is 0 Å². The van der Waals surface area contributed by atoms with Crippen LogP contribution < -0.4 is 10.2 Å². The fourth-order valence-corrected chi connectivity index (χ4v) is 2.77. The van der Waals surface area contributed by atoms with E-state index >= 15 is 0 Å². The molecule has 2 aromatic carbocycles. The summed E-state index contributed by atoms with van der Waals surface area (Å²) in [7, 11) is 1.98. The van der Waals surface area contributed by atoms with Gasteiger partial charge in [0.15, 0.2) is 6.54 Å². The van der Waals surface area contributed by atoms with Gasteiger partial charge in [-0.1, -0.05) is 59.6 Å². The second-order valence-corrected chi connectivity index (χ2v) is 6.57. The van der Waals surface area contributed by atoms with Crippen molar-refractivity contribution < 1.29 is 9.69 Å². The molecule has 0 aromatic heterocycles. The molecule has 2 rings (SSSR count). The van der Waals surface area contributed by atoms with Gasteiger partial charge < -0.3 is 10.2 Å². The first kappa shape index (κ1) is 17.8. The molecule has 1 unspecified atom stereocenters. The number of hydrogen-bond donors (Lipinski definition) is 2. The third kappa shape index (κ3) is 5.54. The molecule has 3 nitrogen and oxygen atoms in total. The molecule has 0 fully saturated rings. The SMILES string of the molecule is C[C@H](NC(=O)C[NH+](C)Cc1ccc(Cl)c(Cl)c1)c1ccccc1. The molecular weight excluding hydrogens is 331 g/mol. The highest BCUT2D eigenvalue weighted by atomic mass is 35.5. The Bertz CT molecular complexity index is 661. The minimum atomic E-state index is 0.00137. The van der Waals surface area contributed by atoms with Crippen molar-refractivity contribution in [2.75, 3.05) is 13.6 Å². The number of likely N-dealkylation sites (N-methyl/N-ethyl adjacent to an activating group) is 1. The molecule has 0 heterocycles. The number of quaternary nitrogens is 1. The van der Waals surface area contributed by atoms with Crippen molar-refractivity contribution in [3.8, 4) is 0 Å². The van der Waals surface area contributed by atoms with Gasteiger partial charge in [-0.05, 0) is 24.6 Å². The topological polar surface area (TPSA) is 33.5 Å². The van der Waals surface area contributed by atoms with E-state index in [1.807, 2.05) is 56.4 Å². The highest BCUT2D eigenvalue weighted by Crippen LogP contribution is 2.22. The predicted molar refractivity (Wildman–Crippen MR) is 94.9 cm³/mol. The molecule has 0 aliphatic heterocycles. The van der Waals surface area contributed by atoms with Crippen LogP contribution in [0.2, 0.25) is 10.0 Å². The van der Waals surface area contributed by atoms with E-state index in [2.05, 4.69) is 5.32 Å². The molecule has 0 aliphatic rings. The van der Waals surface area contributed by atoms with Crippen LogP contribution in [0.25, 0.3) is 0 Å². The van der Waals surface area contributed by atoms with Gasteiger partial charge in [0.1, 0.15) is 6.54 Å². The molecule has 0 saturated carbocycles. The standard InChI is InChI=1S/C18H20Cl2N2O/c1-13(15-6-4-3-5-7-15)21-18(23)12-22(2)11-14-8-9-16(19)17(20)10-14/h3-10,13H,11-12H2,1-2H3,(H,21,23)/p+1/t13-/m0/s1. The van der Waals surface area contributed by atoms with Gasteiger partial charge in [0.2, 0.25) is 0 Å². The Morgan fingerprint density at radius 2 is 1.83 bits per heavy atom. The number of benzene rings is 2. The number of amides is 1. The van der Waals surface area contributed by atoms with Gasteiger partial charge >= 0.3 is 0 Å². The fraction of sp³-hybridized carbons (Fsp3) is 0.278. The van der Waals surface area contributed by atoms with E-state index in [-0.39, 0.29) is 11.9 Å². The average Bonchev–Trinajstić information content (AvgIpc) is 2.51. The molecule has 0 spiro atoms. The molecule has 2 atom stereocenters. The summed E-state index contributed by atoms with van der Waals surface area (Å²) in [5.41, 5.74) is 2.16. The van der Waals surface area contributed by atoms with Crippen LogP contribution in [0.5, 0.6) is 0 Å². The molecule has 5 heteroatoms. The van der Waals surface area contributed by atoms with E-state index < -0.39 is 0 Å². The Kier molecular flexibility index (Phi) is 6.46. The first-order chi connectivity index (χ1) is 11.0. The summed E-state index contributed by atoms with van der Waals surface area (Å²) in [5.74, 6) is 0.0268. The lowest BCUT2D eigenvalue weighted by Gasteiger charge is -2.17. The molecule has 1 amide bonds. The normalized spacial score (nSPS) is 13.4. The molecule has 2 N–H and O–H groups in total. The second kappa shape index (κ2) is 8.34. The lowest BCUT2D eigenvalue weighted by atomic mass is 10.1. The second-order valence-electron chi connectivity index (χ2n) is 5.76. The Hall–Kier alpha value is -1.55. The summed E-state index contributed by atoms with van der Waals surface area (Å²) in [6, 6.07) is 15.5. The maximum atomic E-state index is 12.2. The first-order valence-corrected chi connectivity index (χ1v) is 8.31. The minimum Gasteiger partial charge on any atom is -0.345 e. The van der Waals surface area contributed by atoms with E-state index in [1.165, 1.54) is 0 Å². The summed E-state index contributed by atoms with van der Waals surface area (Å²) < 4.78 is 0. The predicted octanol–water partition coefficient (Wildman–Crippen LogP) is 2.89. The Morgan fingerprint density at radius 3 is 2.48 bits per heavy atom. The van der Waals surface area contributed by atoms with Crippen LogP contribution in [0.4, 0.5) is 0 Å². The highest BCUT2D eigenvalue weighted by Gasteiger charge is 2.14. The van der Waals surface area contributed by atoms with E-state index in [0.29, 0.717) is 23.1 Å². The van der Waals surface area contributed by atoms with Crippen molar-refractivity contribution in [2.45, 2.75) is 19.5 Å². The van der Waals surface area contributed by atoms with Crippen molar-refractivity contribution in [3.05, 3.63) is 69.7 Å². The number of hydrogen-bond acceptors (Lipinski definition) is 1. The van der Waals surface area contributed by atoms with Gasteiger partial charge in [0.05, 0.1) is 23.1 Å². The van der Waals surface area contributed by atoms with Crippen LogP contribution in [0.15, 0.2) is 48.5 Å². The third-order valence-electron chi connectivity index (χ3n) is 3.63. The van der Waals surface area contributed by atoms with E-state index in [0.717, 1.165) is 16.0 Å². The zero-order valence-electron chi connectivity index (χ0n) is 13.3. The van der Waals surface area contributed by atoms with Gasteiger partial charge in [0, 0.05) is 5.56 Å². The number of carbonyl (C=O) groups is 1. The smallest absolute Gasteiger partial charge is 0.275 e. The average molecular weight is 352 g/mol. The van der Waals surface area contributed by atoms with Gasteiger partial charge in [-0.3, -0.25) is 4.79 Å². The van der Waals surface area contributed by atoms with Crippen molar-refractivity contribution in [1.29, 1.82) is 0 Å². The largest absolute Gasteiger partial charge is 0.345 e. The van der Waals surface area contributed by atoms with Crippen molar-refractivity contribution in [2.24, 2.45) is 0 Å². The van der Waals surface area contributed by atoms with E-state index in [9.17, 15) is 4.79 Å². The molecule has 0 bridgehead atoms. The zero-order valence-corrected chi connectivity index (χ0v) is 14.8. The first-order valence-electron chi connectivity index (χ1n) is 7.55. The van der Waals surface area contributed by atoms with Crippen LogP contribution in [-0.2, 0) is 11.3 Å². The van der Waals surface area contributed by atoms with Gasteiger partial charge in [-0.2, -0.15) is 0 Å². The van der Waals surface area contributed by atoms with Crippen LogP contribution in [0, 0.1) is 0 Å². The number of carbonyl (C=O) groups excluding carboxylic acids is 1.